The second kappa shape index (κ2) is 8.63. The van der Waals surface area contributed by atoms with Gasteiger partial charge in [0.25, 0.3) is 5.56 Å². The van der Waals surface area contributed by atoms with Crippen molar-refractivity contribution in [3.63, 3.8) is 0 Å². The summed E-state index contributed by atoms with van der Waals surface area (Å²) in [6.45, 7) is 0. The fourth-order valence-corrected chi connectivity index (χ4v) is 3.83. The molecular formula is C22H21F2N5O2. The van der Waals surface area contributed by atoms with E-state index in [4.69, 9.17) is 5.73 Å². The summed E-state index contributed by atoms with van der Waals surface area (Å²) >= 11 is 0. The zero-order valence-corrected chi connectivity index (χ0v) is 16.6. The van der Waals surface area contributed by atoms with Crippen LogP contribution in [-0.4, -0.2) is 26.5 Å². The maximum atomic E-state index is 14.5. The number of anilines is 1. The van der Waals surface area contributed by atoms with Gasteiger partial charge >= 0.3 is 0 Å². The molecule has 160 valence electrons. The van der Waals surface area contributed by atoms with Crippen LogP contribution in [0, 0.1) is 17.6 Å². The number of hydrogen-bond acceptors (Lipinski definition) is 5. The van der Waals surface area contributed by atoms with Crippen LogP contribution in [0.1, 0.15) is 25.7 Å². The molecule has 2 atom stereocenters. The monoisotopic (exact) mass is 425 g/mol. The minimum atomic E-state index is -0.645. The Kier molecular flexibility index (Phi) is 5.75. The van der Waals surface area contributed by atoms with Gasteiger partial charge in [0.1, 0.15) is 11.5 Å². The minimum Gasteiger partial charge on any atom is -0.369 e. The van der Waals surface area contributed by atoms with Crippen molar-refractivity contribution < 1.29 is 13.6 Å². The Morgan fingerprint density at radius 1 is 1.13 bits per heavy atom. The molecule has 0 radical (unpaired) electrons. The fourth-order valence-electron chi connectivity index (χ4n) is 3.83. The van der Waals surface area contributed by atoms with Gasteiger partial charge in [0.15, 0.2) is 5.82 Å². The van der Waals surface area contributed by atoms with Crippen LogP contribution in [0.25, 0.3) is 16.9 Å². The standard InChI is InChI=1S/C22H21F2N5O2/c23-15-5-7-17(8-6-15)29-12-14(4-9-19(29)30)20-18(24)11-26-22(28-20)27-16-3-1-2-13(10-16)21(25)31/h4-9,11-13,16H,1-3,10H2,(H2,25,31)(H,26,27,28). The summed E-state index contributed by atoms with van der Waals surface area (Å²) in [5.41, 5.74) is 5.92. The molecule has 0 spiro atoms. The highest BCUT2D eigenvalue weighted by Gasteiger charge is 2.26. The number of pyridine rings is 1. The van der Waals surface area contributed by atoms with Crippen LogP contribution >= 0.6 is 0 Å². The topological polar surface area (TPSA) is 103 Å². The van der Waals surface area contributed by atoms with Crippen LogP contribution < -0.4 is 16.6 Å². The summed E-state index contributed by atoms with van der Waals surface area (Å²) in [5, 5.41) is 3.16. The molecule has 3 N–H and O–H groups in total. The Morgan fingerprint density at radius 2 is 1.90 bits per heavy atom. The van der Waals surface area contributed by atoms with Crippen molar-refractivity contribution in [2.45, 2.75) is 31.7 Å². The van der Waals surface area contributed by atoms with Crippen LogP contribution in [0.15, 0.2) is 53.6 Å². The molecule has 1 aromatic carbocycles. The third kappa shape index (κ3) is 4.60. The van der Waals surface area contributed by atoms with E-state index in [1.807, 2.05) is 0 Å². The highest BCUT2D eigenvalue weighted by molar-refractivity contribution is 5.76. The minimum absolute atomic E-state index is 0.0237. The molecule has 1 aliphatic carbocycles. The Balaban J connectivity index is 1.63. The van der Waals surface area contributed by atoms with Gasteiger partial charge in [-0.25, -0.2) is 18.7 Å². The first kappa shape index (κ1) is 20.6. The first-order valence-corrected chi connectivity index (χ1v) is 9.98. The number of aromatic nitrogens is 3. The summed E-state index contributed by atoms with van der Waals surface area (Å²) in [4.78, 5) is 32.1. The number of nitrogens with zero attached hydrogens (tertiary/aromatic N) is 3. The van der Waals surface area contributed by atoms with Gasteiger partial charge in [-0.15, -0.1) is 0 Å². The molecule has 1 amide bonds. The molecule has 2 aromatic heterocycles. The van der Waals surface area contributed by atoms with Gasteiger partial charge in [0.2, 0.25) is 11.9 Å². The van der Waals surface area contributed by atoms with Crippen molar-refractivity contribution in [1.29, 1.82) is 0 Å². The summed E-state index contributed by atoms with van der Waals surface area (Å²) in [6.07, 6.45) is 5.52. The number of benzene rings is 1. The Bertz CT molecular complexity index is 1160. The number of carbonyl (C=O) groups is 1. The fraction of sp³-hybridized carbons (Fsp3) is 0.273. The van der Waals surface area contributed by atoms with Gasteiger partial charge in [-0.3, -0.25) is 14.2 Å². The SMILES string of the molecule is NC(=O)C1CCCC(Nc2ncc(F)c(-c3ccc(=O)n(-c4ccc(F)cc4)c3)n2)C1. The summed E-state index contributed by atoms with van der Waals surface area (Å²) < 4.78 is 29.1. The Morgan fingerprint density at radius 3 is 2.65 bits per heavy atom. The van der Waals surface area contributed by atoms with E-state index in [0.29, 0.717) is 17.7 Å². The maximum Gasteiger partial charge on any atom is 0.255 e. The van der Waals surface area contributed by atoms with Gasteiger partial charge in [0.05, 0.1) is 6.20 Å². The number of amides is 1. The molecule has 0 bridgehead atoms. The predicted octanol–water partition coefficient (Wildman–Crippen LogP) is 3.03. The van der Waals surface area contributed by atoms with E-state index < -0.39 is 11.6 Å². The summed E-state index contributed by atoms with van der Waals surface area (Å²) in [6, 6.07) is 8.13. The van der Waals surface area contributed by atoms with Crippen LogP contribution in [0.2, 0.25) is 0 Å². The van der Waals surface area contributed by atoms with Crippen molar-refractivity contribution >= 4 is 11.9 Å². The second-order valence-electron chi connectivity index (χ2n) is 7.60. The molecule has 0 saturated heterocycles. The lowest BCUT2D eigenvalue weighted by Crippen LogP contribution is -2.34. The first-order valence-electron chi connectivity index (χ1n) is 9.98. The van der Waals surface area contributed by atoms with Crippen LogP contribution in [0.4, 0.5) is 14.7 Å². The van der Waals surface area contributed by atoms with Gasteiger partial charge < -0.3 is 11.1 Å². The van der Waals surface area contributed by atoms with E-state index in [9.17, 15) is 18.4 Å². The number of carbonyl (C=O) groups excluding carboxylic acids is 1. The van der Waals surface area contributed by atoms with Crippen LogP contribution in [0.3, 0.4) is 0 Å². The lowest BCUT2D eigenvalue weighted by atomic mass is 9.85. The summed E-state index contributed by atoms with van der Waals surface area (Å²) in [7, 11) is 0. The molecule has 31 heavy (non-hydrogen) atoms. The molecule has 1 fully saturated rings. The molecule has 2 unspecified atom stereocenters. The molecule has 1 saturated carbocycles. The molecule has 2 heterocycles. The number of primary amides is 1. The van der Waals surface area contributed by atoms with E-state index in [2.05, 4.69) is 15.3 Å². The lowest BCUT2D eigenvalue weighted by molar-refractivity contribution is -0.122. The smallest absolute Gasteiger partial charge is 0.255 e. The van der Waals surface area contributed by atoms with Gasteiger partial charge in [-0.1, -0.05) is 6.42 Å². The number of rotatable bonds is 5. The van der Waals surface area contributed by atoms with Crippen molar-refractivity contribution in [3.8, 4) is 16.9 Å². The summed E-state index contributed by atoms with van der Waals surface area (Å²) in [5.74, 6) is -1.37. The van der Waals surface area contributed by atoms with E-state index >= 15 is 0 Å². The Labute approximate surface area is 177 Å². The Hall–Kier alpha value is -3.62. The number of nitrogens with two attached hydrogens (primary N) is 1. The van der Waals surface area contributed by atoms with Crippen molar-refractivity contribution in [1.82, 2.24) is 14.5 Å². The zero-order valence-electron chi connectivity index (χ0n) is 16.6. The number of hydrogen-bond donors (Lipinski definition) is 2. The number of halogens is 2. The van der Waals surface area contributed by atoms with Crippen LogP contribution in [-0.2, 0) is 4.79 Å². The molecule has 3 aromatic rings. The third-order valence-electron chi connectivity index (χ3n) is 5.44. The van der Waals surface area contributed by atoms with Gasteiger partial charge in [-0.05, 0) is 49.6 Å². The van der Waals surface area contributed by atoms with Crippen molar-refractivity contribution in [2.24, 2.45) is 11.7 Å². The molecule has 1 aliphatic rings. The molecule has 7 nitrogen and oxygen atoms in total. The second-order valence-corrected chi connectivity index (χ2v) is 7.60. The van der Waals surface area contributed by atoms with Gasteiger partial charge in [0, 0.05) is 35.5 Å². The average molecular weight is 425 g/mol. The normalized spacial score (nSPS) is 18.5. The molecule has 9 heteroatoms. The predicted molar refractivity (Wildman–Crippen MR) is 112 cm³/mol. The highest BCUT2D eigenvalue weighted by Crippen LogP contribution is 2.27. The first-order chi connectivity index (χ1) is 14.9. The third-order valence-corrected chi connectivity index (χ3v) is 5.44. The molecule has 4 rings (SSSR count). The number of nitrogens with one attached hydrogen (secondary N) is 1. The average Bonchev–Trinajstić information content (AvgIpc) is 2.76. The quantitative estimate of drug-likeness (QED) is 0.654. The largest absolute Gasteiger partial charge is 0.369 e. The van der Waals surface area contributed by atoms with Crippen molar-refractivity contribution in [3.05, 3.63) is 70.8 Å². The lowest BCUT2D eigenvalue weighted by Gasteiger charge is -2.27. The highest BCUT2D eigenvalue weighted by atomic mass is 19.1. The molecule has 0 aliphatic heterocycles. The van der Waals surface area contributed by atoms with Crippen molar-refractivity contribution in [2.75, 3.05) is 5.32 Å². The van der Waals surface area contributed by atoms with E-state index in [1.54, 1.807) is 0 Å². The maximum absolute atomic E-state index is 14.5. The van der Waals surface area contributed by atoms with E-state index in [0.717, 1.165) is 25.5 Å². The van der Waals surface area contributed by atoms with Crippen LogP contribution in [0.5, 0.6) is 0 Å². The molecular weight excluding hydrogens is 404 g/mol. The van der Waals surface area contributed by atoms with E-state index in [-0.39, 0.29) is 35.1 Å². The van der Waals surface area contributed by atoms with E-state index in [1.165, 1.54) is 47.2 Å². The van der Waals surface area contributed by atoms with Gasteiger partial charge in [-0.2, -0.15) is 0 Å². The zero-order chi connectivity index (χ0) is 22.0.